The number of hydrogen-bond acceptors (Lipinski definition) is 5. The van der Waals surface area contributed by atoms with Crippen LogP contribution >= 0.6 is 0 Å². The molecule has 2 aromatic carbocycles. The number of rotatable bonds is 5. The molecule has 1 N–H and O–H groups in total. The Morgan fingerprint density at radius 2 is 1.64 bits per heavy atom. The molecule has 0 aliphatic heterocycles. The van der Waals surface area contributed by atoms with E-state index < -0.39 is 15.9 Å². The summed E-state index contributed by atoms with van der Waals surface area (Å²) in [6, 6.07) is 9.92. The molecular weight excluding hydrogens is 308 g/mol. The largest absolute Gasteiger partial charge is 0.497 e. The summed E-state index contributed by atoms with van der Waals surface area (Å²) in [5.74, 6) is 0.383. The summed E-state index contributed by atoms with van der Waals surface area (Å²) in [5, 5.41) is 0. The summed E-state index contributed by atoms with van der Waals surface area (Å²) >= 11 is 0. The fraction of sp³-hybridized carbons (Fsp3) is 0.133. The van der Waals surface area contributed by atoms with Gasteiger partial charge in [-0.3, -0.25) is 9.35 Å². The molecule has 0 saturated carbocycles. The molecule has 0 bridgehead atoms. The molecule has 6 nitrogen and oxygen atoms in total. The van der Waals surface area contributed by atoms with Crippen LogP contribution < -0.4 is 9.47 Å². The van der Waals surface area contributed by atoms with Crippen molar-refractivity contribution in [1.82, 2.24) is 0 Å². The van der Waals surface area contributed by atoms with Gasteiger partial charge in [0.2, 0.25) is 0 Å². The van der Waals surface area contributed by atoms with Gasteiger partial charge in [0.25, 0.3) is 10.1 Å². The average molecular weight is 322 g/mol. The van der Waals surface area contributed by atoms with Crippen molar-refractivity contribution < 1.29 is 27.2 Å². The third-order valence-electron chi connectivity index (χ3n) is 3.07. The van der Waals surface area contributed by atoms with Crippen molar-refractivity contribution in [3.05, 3.63) is 53.6 Å². The highest BCUT2D eigenvalue weighted by Crippen LogP contribution is 2.25. The summed E-state index contributed by atoms with van der Waals surface area (Å²) in [6.07, 6.45) is 0. The summed E-state index contributed by atoms with van der Waals surface area (Å²) in [4.78, 5) is 12.1. The van der Waals surface area contributed by atoms with Gasteiger partial charge in [-0.15, -0.1) is 0 Å². The van der Waals surface area contributed by atoms with Gasteiger partial charge in [-0.25, -0.2) is 0 Å². The fourth-order valence-electron chi connectivity index (χ4n) is 1.92. The Morgan fingerprint density at radius 1 is 1.00 bits per heavy atom. The minimum Gasteiger partial charge on any atom is -0.497 e. The van der Waals surface area contributed by atoms with Crippen LogP contribution in [-0.2, 0) is 10.1 Å². The van der Waals surface area contributed by atoms with Crippen molar-refractivity contribution in [2.24, 2.45) is 0 Å². The number of carbonyl (C=O) groups is 1. The molecule has 0 saturated heterocycles. The lowest BCUT2D eigenvalue weighted by atomic mass is 10.0. The van der Waals surface area contributed by atoms with Gasteiger partial charge in [0.1, 0.15) is 11.5 Å². The lowest BCUT2D eigenvalue weighted by Crippen LogP contribution is -2.07. The smallest absolute Gasteiger partial charge is 0.294 e. The van der Waals surface area contributed by atoms with Crippen LogP contribution in [0.4, 0.5) is 0 Å². The SMILES string of the molecule is COc1ccc(C(=O)c2cc(S(=O)(=O)O)ccc2OC)cc1. The first-order chi connectivity index (χ1) is 10.4. The van der Waals surface area contributed by atoms with E-state index in [1.165, 1.54) is 26.4 Å². The lowest BCUT2D eigenvalue weighted by Gasteiger charge is -2.09. The van der Waals surface area contributed by atoms with Crippen molar-refractivity contribution in [3.63, 3.8) is 0 Å². The Morgan fingerprint density at radius 3 is 2.14 bits per heavy atom. The minimum absolute atomic E-state index is 0.0443. The number of hydrogen-bond donors (Lipinski definition) is 1. The predicted molar refractivity (Wildman–Crippen MR) is 79.2 cm³/mol. The van der Waals surface area contributed by atoms with Gasteiger partial charge in [-0.2, -0.15) is 8.42 Å². The van der Waals surface area contributed by atoms with Crippen molar-refractivity contribution in [2.75, 3.05) is 14.2 Å². The second-order valence-electron chi connectivity index (χ2n) is 4.39. The summed E-state index contributed by atoms with van der Waals surface area (Å²) in [6.45, 7) is 0. The van der Waals surface area contributed by atoms with E-state index in [2.05, 4.69) is 0 Å². The van der Waals surface area contributed by atoms with Crippen LogP contribution in [0.5, 0.6) is 11.5 Å². The molecule has 0 aliphatic carbocycles. The number of benzene rings is 2. The van der Waals surface area contributed by atoms with Gasteiger partial charge in [0.15, 0.2) is 5.78 Å². The van der Waals surface area contributed by atoms with E-state index in [9.17, 15) is 13.2 Å². The first kappa shape index (κ1) is 16.0. The average Bonchev–Trinajstić information content (AvgIpc) is 2.52. The van der Waals surface area contributed by atoms with Gasteiger partial charge >= 0.3 is 0 Å². The molecule has 0 radical (unpaired) electrons. The molecule has 0 fully saturated rings. The fourth-order valence-corrected chi connectivity index (χ4v) is 2.43. The van der Waals surface area contributed by atoms with Crippen molar-refractivity contribution in [1.29, 1.82) is 0 Å². The summed E-state index contributed by atoms with van der Waals surface area (Å²) in [7, 11) is -1.53. The standard InChI is InChI=1S/C15H14O6S/c1-20-11-5-3-10(4-6-11)15(16)13-9-12(22(17,18)19)7-8-14(13)21-2/h3-9H,1-2H3,(H,17,18,19). The molecule has 0 atom stereocenters. The molecule has 0 aliphatic rings. The van der Waals surface area contributed by atoms with E-state index in [1.807, 2.05) is 0 Å². The molecule has 2 rings (SSSR count). The van der Waals surface area contributed by atoms with Crippen LogP contribution in [0.1, 0.15) is 15.9 Å². The first-order valence-electron chi connectivity index (χ1n) is 6.21. The van der Waals surface area contributed by atoms with Gasteiger partial charge in [-0.05, 0) is 42.5 Å². The third-order valence-corrected chi connectivity index (χ3v) is 3.92. The molecule has 116 valence electrons. The summed E-state index contributed by atoms with van der Waals surface area (Å²) in [5.41, 5.74) is 0.384. The number of ketones is 1. The Labute approximate surface area is 128 Å². The second-order valence-corrected chi connectivity index (χ2v) is 5.82. The molecule has 0 spiro atoms. The van der Waals surface area contributed by atoms with Crippen molar-refractivity contribution >= 4 is 15.9 Å². The molecule has 7 heteroatoms. The third kappa shape index (κ3) is 3.26. The number of carbonyl (C=O) groups excluding carboxylic acids is 1. The maximum atomic E-state index is 12.5. The Hall–Kier alpha value is -2.38. The predicted octanol–water partition coefficient (Wildman–Crippen LogP) is 2.18. The molecule has 0 aromatic heterocycles. The van der Waals surface area contributed by atoms with Crippen LogP contribution in [0.25, 0.3) is 0 Å². The van der Waals surface area contributed by atoms with Crippen LogP contribution in [0.15, 0.2) is 47.4 Å². The molecular formula is C15H14O6S. The van der Waals surface area contributed by atoms with Gasteiger partial charge in [0, 0.05) is 5.56 Å². The normalized spacial score (nSPS) is 11.0. The van der Waals surface area contributed by atoms with E-state index in [1.54, 1.807) is 24.3 Å². The maximum Gasteiger partial charge on any atom is 0.294 e. The summed E-state index contributed by atoms with van der Waals surface area (Å²) < 4.78 is 41.6. The van der Waals surface area contributed by atoms with Crippen LogP contribution in [-0.4, -0.2) is 33.0 Å². The highest BCUT2D eigenvalue weighted by atomic mass is 32.2. The number of ether oxygens (including phenoxy) is 2. The highest BCUT2D eigenvalue weighted by molar-refractivity contribution is 7.85. The highest BCUT2D eigenvalue weighted by Gasteiger charge is 2.19. The van der Waals surface area contributed by atoms with Crippen LogP contribution in [0, 0.1) is 0 Å². The minimum atomic E-state index is -4.40. The van der Waals surface area contributed by atoms with Crippen LogP contribution in [0.3, 0.4) is 0 Å². The van der Waals surface area contributed by atoms with Gasteiger partial charge < -0.3 is 9.47 Å². The van der Waals surface area contributed by atoms with E-state index in [0.29, 0.717) is 11.3 Å². The van der Waals surface area contributed by atoms with Crippen LogP contribution in [0.2, 0.25) is 0 Å². The molecule has 0 amide bonds. The topological polar surface area (TPSA) is 89.9 Å². The molecule has 2 aromatic rings. The van der Waals surface area contributed by atoms with Gasteiger partial charge in [-0.1, -0.05) is 0 Å². The van der Waals surface area contributed by atoms with E-state index in [4.69, 9.17) is 14.0 Å². The quantitative estimate of drug-likeness (QED) is 0.670. The van der Waals surface area contributed by atoms with Crippen molar-refractivity contribution in [2.45, 2.75) is 4.90 Å². The number of methoxy groups -OCH3 is 2. The molecule has 0 unspecified atom stereocenters. The van der Waals surface area contributed by atoms with E-state index >= 15 is 0 Å². The Kier molecular flexibility index (Phi) is 4.48. The lowest BCUT2D eigenvalue weighted by molar-refractivity contribution is 0.103. The Bertz CT molecular complexity index is 793. The first-order valence-corrected chi connectivity index (χ1v) is 7.65. The van der Waals surface area contributed by atoms with E-state index in [0.717, 1.165) is 6.07 Å². The Balaban J connectivity index is 2.51. The van der Waals surface area contributed by atoms with Gasteiger partial charge in [0.05, 0.1) is 24.7 Å². The zero-order chi connectivity index (χ0) is 16.3. The molecule has 22 heavy (non-hydrogen) atoms. The van der Waals surface area contributed by atoms with E-state index in [-0.39, 0.29) is 16.2 Å². The molecule has 0 heterocycles. The van der Waals surface area contributed by atoms with Crippen molar-refractivity contribution in [3.8, 4) is 11.5 Å². The monoisotopic (exact) mass is 322 g/mol. The zero-order valence-electron chi connectivity index (χ0n) is 11.9. The second kappa shape index (κ2) is 6.17. The maximum absolute atomic E-state index is 12.5. The zero-order valence-corrected chi connectivity index (χ0v) is 12.8.